The lowest BCUT2D eigenvalue weighted by molar-refractivity contribution is 0.241. The maximum Gasteiger partial charge on any atom is 0.128 e. The van der Waals surface area contributed by atoms with E-state index in [9.17, 15) is 4.39 Å². The second kappa shape index (κ2) is 7.34. The molecule has 1 fully saturated rings. The van der Waals surface area contributed by atoms with Gasteiger partial charge in [-0.3, -0.25) is 14.9 Å². The third-order valence-corrected chi connectivity index (χ3v) is 5.12. The van der Waals surface area contributed by atoms with E-state index in [2.05, 4.69) is 27.9 Å². The van der Waals surface area contributed by atoms with Gasteiger partial charge in [-0.05, 0) is 53.3 Å². The van der Waals surface area contributed by atoms with E-state index in [4.69, 9.17) is 0 Å². The number of hydrogen-bond acceptors (Lipinski definition) is 3. The van der Waals surface area contributed by atoms with E-state index < -0.39 is 0 Å². The first-order valence-electron chi connectivity index (χ1n) is 9.03. The van der Waals surface area contributed by atoms with Crippen molar-refractivity contribution < 1.29 is 4.39 Å². The van der Waals surface area contributed by atoms with Gasteiger partial charge in [-0.2, -0.15) is 0 Å². The van der Waals surface area contributed by atoms with Gasteiger partial charge in [0.1, 0.15) is 5.82 Å². The molecule has 1 aromatic carbocycles. The van der Waals surface area contributed by atoms with Crippen LogP contribution in [0.3, 0.4) is 0 Å². The highest BCUT2D eigenvalue weighted by molar-refractivity contribution is 5.63. The molecule has 1 saturated heterocycles. The minimum absolute atomic E-state index is 0.149. The van der Waals surface area contributed by atoms with Crippen LogP contribution < -0.4 is 0 Å². The Labute approximate surface area is 153 Å². The third kappa shape index (κ3) is 3.51. The van der Waals surface area contributed by atoms with Crippen LogP contribution in [0.1, 0.15) is 30.5 Å². The molecule has 1 aliphatic rings. The summed E-state index contributed by atoms with van der Waals surface area (Å²) >= 11 is 0. The normalized spacial score (nSPS) is 20.4. The molecule has 3 heterocycles. The zero-order valence-electron chi connectivity index (χ0n) is 14.8. The number of benzene rings is 1. The van der Waals surface area contributed by atoms with Gasteiger partial charge in [0.05, 0.1) is 0 Å². The average molecular weight is 347 g/mol. The molecule has 132 valence electrons. The highest BCUT2D eigenvalue weighted by Gasteiger charge is 2.31. The molecule has 0 aliphatic carbocycles. The predicted molar refractivity (Wildman–Crippen MR) is 101 cm³/mol. The summed E-state index contributed by atoms with van der Waals surface area (Å²) in [7, 11) is 0. The van der Waals surface area contributed by atoms with Crippen molar-refractivity contribution in [3.8, 4) is 11.1 Å². The van der Waals surface area contributed by atoms with E-state index in [-0.39, 0.29) is 5.82 Å². The summed E-state index contributed by atoms with van der Waals surface area (Å²) in [6.45, 7) is 3.85. The van der Waals surface area contributed by atoms with Crippen LogP contribution in [-0.2, 0) is 6.54 Å². The summed E-state index contributed by atoms with van der Waals surface area (Å²) in [5.74, 6) is 0.447. The van der Waals surface area contributed by atoms with Gasteiger partial charge in [-0.25, -0.2) is 4.39 Å². The summed E-state index contributed by atoms with van der Waals surface area (Å²) in [6, 6.07) is 13.7. The van der Waals surface area contributed by atoms with Crippen molar-refractivity contribution in [2.45, 2.75) is 25.9 Å². The van der Waals surface area contributed by atoms with Crippen molar-refractivity contribution in [3.63, 3.8) is 0 Å². The maximum absolute atomic E-state index is 14.8. The molecule has 0 bridgehead atoms. The van der Waals surface area contributed by atoms with E-state index in [1.807, 2.05) is 36.5 Å². The Morgan fingerprint density at radius 1 is 1.04 bits per heavy atom. The van der Waals surface area contributed by atoms with E-state index in [1.54, 1.807) is 24.7 Å². The highest BCUT2D eigenvalue weighted by atomic mass is 19.1. The summed E-state index contributed by atoms with van der Waals surface area (Å²) in [5.41, 5.74) is 3.82. The minimum atomic E-state index is -0.149. The largest absolute Gasteiger partial charge is 0.292 e. The van der Waals surface area contributed by atoms with Crippen molar-refractivity contribution in [1.82, 2.24) is 14.9 Å². The SMILES string of the molecule is C[C@@H]1C[C@H](c2cccnc2)N(Cc2ccc(-c3ccncc3)cc2F)C1. The smallest absolute Gasteiger partial charge is 0.128 e. The number of halogens is 1. The molecular weight excluding hydrogens is 325 g/mol. The van der Waals surface area contributed by atoms with Gasteiger partial charge in [-0.1, -0.05) is 25.1 Å². The van der Waals surface area contributed by atoms with Crippen LogP contribution in [0, 0.1) is 11.7 Å². The van der Waals surface area contributed by atoms with E-state index in [1.165, 1.54) is 5.56 Å². The molecule has 2 atom stereocenters. The van der Waals surface area contributed by atoms with Crippen LogP contribution in [-0.4, -0.2) is 21.4 Å². The molecule has 0 saturated carbocycles. The van der Waals surface area contributed by atoms with Gasteiger partial charge in [0, 0.05) is 49.5 Å². The Bertz CT molecular complexity index is 867. The number of rotatable bonds is 4. The number of pyridine rings is 2. The molecule has 3 aromatic rings. The fourth-order valence-electron chi connectivity index (χ4n) is 3.85. The van der Waals surface area contributed by atoms with Gasteiger partial charge in [0.15, 0.2) is 0 Å². The Balaban J connectivity index is 1.56. The minimum Gasteiger partial charge on any atom is -0.292 e. The highest BCUT2D eigenvalue weighted by Crippen LogP contribution is 2.36. The zero-order chi connectivity index (χ0) is 17.9. The fraction of sp³-hybridized carbons (Fsp3) is 0.273. The van der Waals surface area contributed by atoms with Crippen LogP contribution in [0.2, 0.25) is 0 Å². The summed E-state index contributed by atoms with van der Waals surface area (Å²) < 4.78 is 14.8. The number of likely N-dealkylation sites (tertiary alicyclic amines) is 1. The second-order valence-electron chi connectivity index (χ2n) is 7.11. The summed E-state index contributed by atoms with van der Waals surface area (Å²) in [6.07, 6.45) is 8.27. The van der Waals surface area contributed by atoms with Crippen molar-refractivity contribution in [2.24, 2.45) is 5.92 Å². The average Bonchev–Trinajstić information content (AvgIpc) is 3.05. The Morgan fingerprint density at radius 2 is 1.88 bits per heavy atom. The van der Waals surface area contributed by atoms with Crippen LogP contribution in [0.15, 0.2) is 67.3 Å². The first-order chi connectivity index (χ1) is 12.7. The lowest BCUT2D eigenvalue weighted by Gasteiger charge is -2.25. The van der Waals surface area contributed by atoms with Crippen molar-refractivity contribution >= 4 is 0 Å². The Kier molecular flexibility index (Phi) is 4.76. The van der Waals surface area contributed by atoms with Crippen LogP contribution in [0.4, 0.5) is 4.39 Å². The summed E-state index contributed by atoms with van der Waals surface area (Å²) in [4.78, 5) is 10.6. The molecular formula is C22H22FN3. The van der Waals surface area contributed by atoms with Gasteiger partial charge in [0.2, 0.25) is 0 Å². The molecule has 26 heavy (non-hydrogen) atoms. The Morgan fingerprint density at radius 3 is 2.62 bits per heavy atom. The van der Waals surface area contributed by atoms with Crippen molar-refractivity contribution in [1.29, 1.82) is 0 Å². The van der Waals surface area contributed by atoms with E-state index in [0.29, 0.717) is 18.5 Å². The number of nitrogens with zero attached hydrogens (tertiary/aromatic N) is 3. The van der Waals surface area contributed by atoms with Crippen LogP contribution in [0.25, 0.3) is 11.1 Å². The number of aromatic nitrogens is 2. The van der Waals surface area contributed by atoms with Crippen molar-refractivity contribution in [3.05, 3.63) is 84.2 Å². The molecule has 0 spiro atoms. The van der Waals surface area contributed by atoms with Gasteiger partial charge in [-0.15, -0.1) is 0 Å². The van der Waals surface area contributed by atoms with E-state index in [0.717, 1.165) is 29.7 Å². The lowest BCUT2D eigenvalue weighted by atomic mass is 10.0. The van der Waals surface area contributed by atoms with Gasteiger partial charge < -0.3 is 0 Å². The third-order valence-electron chi connectivity index (χ3n) is 5.12. The monoisotopic (exact) mass is 347 g/mol. The molecule has 4 heteroatoms. The lowest BCUT2D eigenvalue weighted by Crippen LogP contribution is -2.24. The standard InChI is InChI=1S/C22H22FN3/c1-16-11-22(19-3-2-8-25-13-19)26(14-16)15-20-5-4-18(12-21(20)23)17-6-9-24-10-7-17/h2-10,12-13,16,22H,11,14-15H2,1H3/t16-,22-/m1/s1. The first-order valence-corrected chi connectivity index (χ1v) is 9.03. The van der Waals surface area contributed by atoms with Crippen LogP contribution in [0.5, 0.6) is 0 Å². The fourth-order valence-corrected chi connectivity index (χ4v) is 3.85. The van der Waals surface area contributed by atoms with Gasteiger partial charge >= 0.3 is 0 Å². The summed E-state index contributed by atoms with van der Waals surface area (Å²) in [5, 5.41) is 0. The Hall–Kier alpha value is -2.59. The quantitative estimate of drug-likeness (QED) is 0.674. The maximum atomic E-state index is 14.8. The number of hydrogen-bond donors (Lipinski definition) is 0. The molecule has 0 amide bonds. The molecule has 0 N–H and O–H groups in total. The topological polar surface area (TPSA) is 29.0 Å². The molecule has 0 unspecified atom stereocenters. The zero-order valence-corrected chi connectivity index (χ0v) is 14.8. The van der Waals surface area contributed by atoms with Crippen molar-refractivity contribution in [2.75, 3.05) is 6.54 Å². The van der Waals surface area contributed by atoms with Crippen LogP contribution >= 0.6 is 0 Å². The molecule has 1 aliphatic heterocycles. The molecule has 3 nitrogen and oxygen atoms in total. The first kappa shape index (κ1) is 16.9. The predicted octanol–water partition coefficient (Wildman–Crippen LogP) is 4.87. The molecule has 0 radical (unpaired) electrons. The molecule has 4 rings (SSSR count). The van der Waals surface area contributed by atoms with Gasteiger partial charge in [0.25, 0.3) is 0 Å². The second-order valence-corrected chi connectivity index (χ2v) is 7.11. The van der Waals surface area contributed by atoms with E-state index >= 15 is 0 Å². The molecule has 2 aromatic heterocycles.